The Kier molecular flexibility index (Phi) is 5.36. The van der Waals surface area contributed by atoms with E-state index in [9.17, 15) is 4.79 Å². The molecule has 0 radical (unpaired) electrons. The molecule has 1 aliphatic rings. The number of hydrogen-bond acceptors (Lipinski definition) is 3. The lowest BCUT2D eigenvalue weighted by Gasteiger charge is -2.17. The highest BCUT2D eigenvalue weighted by Crippen LogP contribution is 2.23. The fraction of sp³-hybridized carbons (Fsp3) is 0.429. The highest BCUT2D eigenvalue weighted by molar-refractivity contribution is 5.97. The molecule has 0 saturated carbocycles. The molecule has 0 spiro atoms. The van der Waals surface area contributed by atoms with Crippen molar-refractivity contribution in [2.24, 2.45) is 4.99 Å². The van der Waals surface area contributed by atoms with E-state index in [1.54, 1.807) is 18.9 Å². The van der Waals surface area contributed by atoms with Crippen LogP contribution in [0.2, 0.25) is 0 Å². The molecule has 0 fully saturated rings. The highest BCUT2D eigenvalue weighted by atomic mass is 35.5. The van der Waals surface area contributed by atoms with Gasteiger partial charge in [-0.15, -0.1) is 12.4 Å². The molecule has 1 aliphatic heterocycles. The van der Waals surface area contributed by atoms with Gasteiger partial charge in [-0.1, -0.05) is 0 Å². The molecule has 1 heterocycles. The van der Waals surface area contributed by atoms with Crippen molar-refractivity contribution in [2.45, 2.75) is 26.7 Å². The molecule has 1 aromatic rings. The average Bonchev–Trinajstić information content (AvgIpc) is 2.83. The fourth-order valence-electron chi connectivity index (χ4n) is 1.98. The minimum atomic E-state index is 0. The van der Waals surface area contributed by atoms with Crippen molar-refractivity contribution in [3.8, 4) is 0 Å². The molecule has 0 bridgehead atoms. The second-order valence-electron chi connectivity index (χ2n) is 4.63. The Morgan fingerprint density at radius 1 is 1.42 bits per heavy atom. The van der Waals surface area contributed by atoms with Crippen LogP contribution in [-0.4, -0.2) is 25.3 Å². The first kappa shape index (κ1) is 15.5. The first-order valence-corrected chi connectivity index (χ1v) is 6.23. The average molecular weight is 282 g/mol. The van der Waals surface area contributed by atoms with Crippen LogP contribution >= 0.6 is 12.4 Å². The molecule has 1 aromatic carbocycles. The Labute approximate surface area is 120 Å². The second kappa shape index (κ2) is 6.57. The molecule has 19 heavy (non-hydrogen) atoms. The number of anilines is 2. The third-order valence-electron chi connectivity index (χ3n) is 3.22. The number of rotatable bonds is 2. The Morgan fingerprint density at radius 2 is 2.16 bits per heavy atom. The van der Waals surface area contributed by atoms with Crippen molar-refractivity contribution in [1.29, 1.82) is 0 Å². The molecule has 5 heteroatoms. The Morgan fingerprint density at radius 3 is 2.68 bits per heavy atom. The number of carbonyl (C=O) groups excluding carboxylic acids is 1. The van der Waals surface area contributed by atoms with Crippen LogP contribution in [0.3, 0.4) is 0 Å². The summed E-state index contributed by atoms with van der Waals surface area (Å²) in [4.78, 5) is 17.4. The smallest absolute Gasteiger partial charge is 0.223 e. The fourth-order valence-corrected chi connectivity index (χ4v) is 1.98. The largest absolute Gasteiger partial charge is 0.344 e. The van der Waals surface area contributed by atoms with Crippen molar-refractivity contribution in [3.63, 3.8) is 0 Å². The maximum absolute atomic E-state index is 11.3. The number of amidine groups is 1. The monoisotopic (exact) mass is 281 g/mol. The lowest BCUT2D eigenvalue weighted by molar-refractivity contribution is -0.116. The number of aliphatic imine (C=N–C) groups is 1. The first-order valence-electron chi connectivity index (χ1n) is 6.23. The molecule has 104 valence electrons. The van der Waals surface area contributed by atoms with Crippen LogP contribution in [0.25, 0.3) is 0 Å². The van der Waals surface area contributed by atoms with Crippen LogP contribution in [-0.2, 0) is 4.79 Å². The molecule has 1 amide bonds. The van der Waals surface area contributed by atoms with E-state index < -0.39 is 0 Å². The van der Waals surface area contributed by atoms with E-state index in [2.05, 4.69) is 10.3 Å². The van der Waals surface area contributed by atoms with Gasteiger partial charge in [0.25, 0.3) is 0 Å². The number of nitrogens with one attached hydrogen (secondary N) is 1. The number of benzene rings is 1. The molecule has 4 nitrogen and oxygen atoms in total. The topological polar surface area (TPSA) is 44.7 Å². The molecule has 2 rings (SSSR count). The van der Waals surface area contributed by atoms with Crippen LogP contribution in [0.15, 0.2) is 23.2 Å². The zero-order valence-corrected chi connectivity index (χ0v) is 12.4. The summed E-state index contributed by atoms with van der Waals surface area (Å²) in [5.41, 5.74) is 3.10. The molecule has 0 aromatic heterocycles. The highest BCUT2D eigenvalue weighted by Gasteiger charge is 2.10. The molecular formula is C14H20ClN3O. The van der Waals surface area contributed by atoms with E-state index in [1.807, 2.05) is 25.1 Å². The van der Waals surface area contributed by atoms with Gasteiger partial charge in [0.1, 0.15) is 5.84 Å². The van der Waals surface area contributed by atoms with Crippen LogP contribution in [0.4, 0.5) is 11.4 Å². The number of hydrogen-bond donors (Lipinski definition) is 1. The third-order valence-corrected chi connectivity index (χ3v) is 3.22. The standard InChI is InChI=1S/C14H19N3O.ClH/c1-10-9-12(17(3)11(2)18)6-7-13(10)16-14-5-4-8-15-14;/h6-7,9H,4-5,8H2,1-3H3,(H,15,16);1H. The number of aryl methyl sites for hydroxylation is 1. The van der Waals surface area contributed by atoms with E-state index >= 15 is 0 Å². The zero-order chi connectivity index (χ0) is 13.1. The predicted molar refractivity (Wildman–Crippen MR) is 82.7 cm³/mol. The Balaban J connectivity index is 0.00000180. The van der Waals surface area contributed by atoms with Gasteiger partial charge in [-0.2, -0.15) is 0 Å². The second-order valence-corrected chi connectivity index (χ2v) is 4.63. The van der Waals surface area contributed by atoms with Crippen LogP contribution in [0.5, 0.6) is 0 Å². The minimum absolute atomic E-state index is 0. The van der Waals surface area contributed by atoms with Gasteiger partial charge in [-0.05, 0) is 37.1 Å². The van der Waals surface area contributed by atoms with Crippen molar-refractivity contribution < 1.29 is 4.79 Å². The quantitative estimate of drug-likeness (QED) is 0.906. The predicted octanol–water partition coefficient (Wildman–Crippen LogP) is 3.00. The molecule has 0 saturated heterocycles. The molecule has 0 aliphatic carbocycles. The van der Waals surface area contributed by atoms with Crippen molar-refractivity contribution in [1.82, 2.24) is 0 Å². The minimum Gasteiger partial charge on any atom is -0.344 e. The summed E-state index contributed by atoms with van der Waals surface area (Å²) in [5, 5.41) is 3.35. The van der Waals surface area contributed by atoms with Gasteiger partial charge in [0, 0.05) is 38.3 Å². The summed E-state index contributed by atoms with van der Waals surface area (Å²) < 4.78 is 0. The van der Waals surface area contributed by atoms with Crippen LogP contribution in [0, 0.1) is 6.92 Å². The lowest BCUT2D eigenvalue weighted by Crippen LogP contribution is -2.22. The van der Waals surface area contributed by atoms with Crippen molar-refractivity contribution in [2.75, 3.05) is 23.8 Å². The summed E-state index contributed by atoms with van der Waals surface area (Å²) >= 11 is 0. The Hall–Kier alpha value is -1.55. The molecule has 0 unspecified atom stereocenters. The maximum atomic E-state index is 11.3. The summed E-state index contributed by atoms with van der Waals surface area (Å²) in [5.74, 6) is 1.10. The zero-order valence-electron chi connectivity index (χ0n) is 11.6. The number of halogens is 1. The van der Waals surface area contributed by atoms with E-state index in [-0.39, 0.29) is 18.3 Å². The van der Waals surface area contributed by atoms with Gasteiger partial charge in [0.05, 0.1) is 0 Å². The normalized spacial score (nSPS) is 13.5. The van der Waals surface area contributed by atoms with Gasteiger partial charge in [-0.3, -0.25) is 9.79 Å². The van der Waals surface area contributed by atoms with Gasteiger partial charge < -0.3 is 10.2 Å². The van der Waals surface area contributed by atoms with E-state index in [0.29, 0.717) is 0 Å². The SMILES string of the molecule is CC(=O)N(C)c1ccc(NC2=NCCC2)c(C)c1.Cl. The lowest BCUT2D eigenvalue weighted by atomic mass is 10.1. The van der Waals surface area contributed by atoms with E-state index in [4.69, 9.17) is 0 Å². The first-order chi connectivity index (χ1) is 8.58. The molecule has 0 atom stereocenters. The number of carbonyl (C=O) groups is 1. The van der Waals surface area contributed by atoms with Crippen LogP contribution < -0.4 is 10.2 Å². The van der Waals surface area contributed by atoms with Gasteiger partial charge in [-0.25, -0.2) is 0 Å². The third kappa shape index (κ3) is 3.70. The maximum Gasteiger partial charge on any atom is 0.223 e. The number of nitrogens with zero attached hydrogens (tertiary/aromatic N) is 2. The number of amides is 1. The molecule has 1 N–H and O–H groups in total. The molecular weight excluding hydrogens is 262 g/mol. The van der Waals surface area contributed by atoms with E-state index in [0.717, 1.165) is 42.2 Å². The van der Waals surface area contributed by atoms with Crippen LogP contribution in [0.1, 0.15) is 25.3 Å². The summed E-state index contributed by atoms with van der Waals surface area (Å²) in [6, 6.07) is 5.97. The summed E-state index contributed by atoms with van der Waals surface area (Å²) in [6.07, 6.45) is 2.15. The summed E-state index contributed by atoms with van der Waals surface area (Å²) in [7, 11) is 1.78. The van der Waals surface area contributed by atoms with E-state index in [1.165, 1.54) is 0 Å². The van der Waals surface area contributed by atoms with Gasteiger partial charge >= 0.3 is 0 Å². The Bertz CT molecular complexity index is 499. The van der Waals surface area contributed by atoms with Gasteiger partial charge in [0.15, 0.2) is 0 Å². The van der Waals surface area contributed by atoms with Crippen molar-refractivity contribution in [3.05, 3.63) is 23.8 Å². The summed E-state index contributed by atoms with van der Waals surface area (Å²) in [6.45, 7) is 4.52. The van der Waals surface area contributed by atoms with Gasteiger partial charge in [0.2, 0.25) is 5.91 Å². The van der Waals surface area contributed by atoms with Crippen molar-refractivity contribution >= 4 is 35.5 Å².